The maximum absolute atomic E-state index is 11.9. The summed E-state index contributed by atoms with van der Waals surface area (Å²) in [5.74, 6) is -0.00573. The molecule has 0 bridgehead atoms. The van der Waals surface area contributed by atoms with Gasteiger partial charge < -0.3 is 20.5 Å². The summed E-state index contributed by atoms with van der Waals surface area (Å²) in [5.41, 5.74) is 5.53. The molecule has 1 aromatic carbocycles. The number of hydrogen-bond donors (Lipinski definition) is 2. The lowest BCUT2D eigenvalue weighted by Gasteiger charge is -2.22. The van der Waals surface area contributed by atoms with Crippen molar-refractivity contribution in [1.82, 2.24) is 5.32 Å². The fourth-order valence-electron chi connectivity index (χ4n) is 2.61. The number of ether oxygens (including phenoxy) is 2. The number of primary amides is 1. The van der Waals surface area contributed by atoms with Gasteiger partial charge >= 0.3 is 0 Å². The monoisotopic (exact) mass is 306 g/mol. The molecule has 1 aliphatic carbocycles. The number of methoxy groups -OCH3 is 1. The highest BCUT2D eigenvalue weighted by Gasteiger charge is 2.17. The van der Waals surface area contributed by atoms with Crippen LogP contribution in [-0.2, 0) is 4.79 Å². The molecule has 0 radical (unpaired) electrons. The van der Waals surface area contributed by atoms with Crippen LogP contribution >= 0.6 is 0 Å². The number of hydrogen-bond acceptors (Lipinski definition) is 4. The Morgan fingerprint density at radius 1 is 1.27 bits per heavy atom. The summed E-state index contributed by atoms with van der Waals surface area (Å²) in [4.78, 5) is 23.3. The number of benzene rings is 1. The molecule has 1 fully saturated rings. The van der Waals surface area contributed by atoms with E-state index in [0.717, 1.165) is 25.7 Å². The lowest BCUT2D eigenvalue weighted by Crippen LogP contribution is -2.39. The molecule has 22 heavy (non-hydrogen) atoms. The first-order valence-electron chi connectivity index (χ1n) is 7.50. The molecule has 6 nitrogen and oxygen atoms in total. The van der Waals surface area contributed by atoms with Gasteiger partial charge in [0.15, 0.2) is 6.61 Å². The maximum Gasteiger partial charge on any atom is 0.258 e. The summed E-state index contributed by atoms with van der Waals surface area (Å²) in [7, 11) is 1.51. The number of carbonyl (C=O) groups is 2. The second-order valence-electron chi connectivity index (χ2n) is 5.42. The van der Waals surface area contributed by atoms with Crippen LogP contribution in [0.25, 0.3) is 0 Å². The van der Waals surface area contributed by atoms with Gasteiger partial charge in [-0.2, -0.15) is 0 Å². The predicted octanol–water partition coefficient (Wildman–Crippen LogP) is 1.62. The van der Waals surface area contributed by atoms with E-state index in [0.29, 0.717) is 5.75 Å². The van der Waals surface area contributed by atoms with Crippen LogP contribution in [0.15, 0.2) is 18.2 Å². The van der Waals surface area contributed by atoms with Crippen LogP contribution in [0.3, 0.4) is 0 Å². The summed E-state index contributed by atoms with van der Waals surface area (Å²) in [6, 6.07) is 4.92. The normalized spacial score (nSPS) is 15.1. The van der Waals surface area contributed by atoms with Crippen LogP contribution in [0, 0.1) is 0 Å². The minimum absolute atomic E-state index is 0.149. The quantitative estimate of drug-likeness (QED) is 0.835. The van der Waals surface area contributed by atoms with E-state index in [-0.39, 0.29) is 29.9 Å². The first kappa shape index (κ1) is 16.1. The maximum atomic E-state index is 11.9. The molecule has 0 aromatic heterocycles. The van der Waals surface area contributed by atoms with Crippen LogP contribution in [0.4, 0.5) is 0 Å². The second-order valence-corrected chi connectivity index (χ2v) is 5.42. The standard InChI is InChI=1S/C16H22N2O4/c1-21-12-7-8-13(16(17)20)14(9-12)22-10-15(19)18-11-5-3-2-4-6-11/h7-9,11H,2-6,10H2,1H3,(H2,17,20)(H,18,19). The lowest BCUT2D eigenvalue weighted by molar-refractivity contribution is -0.124. The van der Waals surface area contributed by atoms with E-state index >= 15 is 0 Å². The molecule has 0 aliphatic heterocycles. The van der Waals surface area contributed by atoms with Crippen molar-refractivity contribution < 1.29 is 19.1 Å². The molecule has 120 valence electrons. The summed E-state index contributed by atoms with van der Waals surface area (Å²) < 4.78 is 10.5. The Bertz CT molecular complexity index is 539. The number of nitrogens with one attached hydrogen (secondary N) is 1. The van der Waals surface area contributed by atoms with Gasteiger partial charge in [-0.25, -0.2) is 0 Å². The molecule has 1 aliphatic rings. The van der Waals surface area contributed by atoms with Crippen LogP contribution in [0.1, 0.15) is 42.5 Å². The molecular weight excluding hydrogens is 284 g/mol. The van der Waals surface area contributed by atoms with Crippen molar-refractivity contribution in [3.05, 3.63) is 23.8 Å². The van der Waals surface area contributed by atoms with Gasteiger partial charge in [0.1, 0.15) is 11.5 Å². The Labute approximate surface area is 130 Å². The Morgan fingerprint density at radius 2 is 2.00 bits per heavy atom. The van der Waals surface area contributed by atoms with Gasteiger partial charge in [0.25, 0.3) is 11.8 Å². The smallest absolute Gasteiger partial charge is 0.258 e. The molecule has 2 amide bonds. The van der Waals surface area contributed by atoms with Gasteiger partial charge in [-0.05, 0) is 25.0 Å². The largest absolute Gasteiger partial charge is 0.497 e. The SMILES string of the molecule is COc1ccc(C(N)=O)c(OCC(=O)NC2CCCCC2)c1. The van der Waals surface area contributed by atoms with Crippen molar-refractivity contribution in [3.63, 3.8) is 0 Å². The highest BCUT2D eigenvalue weighted by Crippen LogP contribution is 2.24. The zero-order valence-corrected chi connectivity index (χ0v) is 12.8. The second kappa shape index (κ2) is 7.68. The minimum atomic E-state index is -0.606. The molecule has 0 heterocycles. The van der Waals surface area contributed by atoms with Crippen LogP contribution in [0.5, 0.6) is 11.5 Å². The number of amides is 2. The molecule has 0 atom stereocenters. The fourth-order valence-corrected chi connectivity index (χ4v) is 2.61. The predicted molar refractivity (Wildman–Crippen MR) is 82.0 cm³/mol. The average Bonchev–Trinajstić information content (AvgIpc) is 2.53. The van der Waals surface area contributed by atoms with Crippen molar-refractivity contribution >= 4 is 11.8 Å². The topological polar surface area (TPSA) is 90.7 Å². The molecule has 0 spiro atoms. The van der Waals surface area contributed by atoms with E-state index in [1.54, 1.807) is 12.1 Å². The van der Waals surface area contributed by atoms with Crippen molar-refractivity contribution in [3.8, 4) is 11.5 Å². The first-order chi connectivity index (χ1) is 10.6. The van der Waals surface area contributed by atoms with Crippen molar-refractivity contribution in [1.29, 1.82) is 0 Å². The van der Waals surface area contributed by atoms with Crippen molar-refractivity contribution in [2.75, 3.05) is 13.7 Å². The highest BCUT2D eigenvalue weighted by atomic mass is 16.5. The zero-order chi connectivity index (χ0) is 15.9. The third-order valence-electron chi connectivity index (χ3n) is 3.78. The fraction of sp³-hybridized carbons (Fsp3) is 0.500. The zero-order valence-electron chi connectivity index (χ0n) is 12.8. The molecule has 6 heteroatoms. The molecule has 0 unspecified atom stereocenters. The Hall–Kier alpha value is -2.24. The van der Waals surface area contributed by atoms with E-state index in [1.807, 2.05) is 0 Å². The van der Waals surface area contributed by atoms with E-state index in [4.69, 9.17) is 15.2 Å². The van der Waals surface area contributed by atoms with E-state index < -0.39 is 5.91 Å². The number of nitrogens with two attached hydrogens (primary N) is 1. The molecule has 2 rings (SSSR count). The first-order valence-corrected chi connectivity index (χ1v) is 7.50. The highest BCUT2D eigenvalue weighted by molar-refractivity contribution is 5.96. The molecule has 3 N–H and O–H groups in total. The van der Waals surface area contributed by atoms with Crippen LogP contribution in [-0.4, -0.2) is 31.6 Å². The Morgan fingerprint density at radius 3 is 2.64 bits per heavy atom. The van der Waals surface area contributed by atoms with Gasteiger partial charge in [-0.3, -0.25) is 9.59 Å². The Balaban J connectivity index is 1.94. The summed E-state index contributed by atoms with van der Waals surface area (Å²) in [5, 5.41) is 2.96. The minimum Gasteiger partial charge on any atom is -0.497 e. The summed E-state index contributed by atoms with van der Waals surface area (Å²) in [6.45, 7) is -0.149. The van der Waals surface area contributed by atoms with Crippen molar-refractivity contribution in [2.24, 2.45) is 5.73 Å². The summed E-state index contributed by atoms with van der Waals surface area (Å²) in [6.07, 6.45) is 5.55. The third-order valence-corrected chi connectivity index (χ3v) is 3.78. The van der Waals surface area contributed by atoms with Gasteiger partial charge in [0, 0.05) is 12.1 Å². The number of carbonyl (C=O) groups excluding carboxylic acids is 2. The van der Waals surface area contributed by atoms with E-state index in [1.165, 1.54) is 19.6 Å². The lowest BCUT2D eigenvalue weighted by atomic mass is 9.95. The average molecular weight is 306 g/mol. The molecule has 1 saturated carbocycles. The molecular formula is C16H22N2O4. The van der Waals surface area contributed by atoms with Crippen LogP contribution < -0.4 is 20.5 Å². The van der Waals surface area contributed by atoms with E-state index in [2.05, 4.69) is 5.32 Å². The van der Waals surface area contributed by atoms with Gasteiger partial charge in [0.2, 0.25) is 0 Å². The van der Waals surface area contributed by atoms with Gasteiger partial charge in [-0.15, -0.1) is 0 Å². The van der Waals surface area contributed by atoms with Crippen molar-refractivity contribution in [2.45, 2.75) is 38.1 Å². The Kier molecular flexibility index (Phi) is 5.63. The summed E-state index contributed by atoms with van der Waals surface area (Å²) >= 11 is 0. The third kappa shape index (κ3) is 4.38. The van der Waals surface area contributed by atoms with Gasteiger partial charge in [0.05, 0.1) is 12.7 Å². The van der Waals surface area contributed by atoms with Gasteiger partial charge in [-0.1, -0.05) is 19.3 Å². The van der Waals surface area contributed by atoms with E-state index in [9.17, 15) is 9.59 Å². The number of rotatable bonds is 6. The molecule has 1 aromatic rings. The molecule has 0 saturated heterocycles. The van der Waals surface area contributed by atoms with Crippen LogP contribution in [0.2, 0.25) is 0 Å².